The lowest BCUT2D eigenvalue weighted by Gasteiger charge is -1.73. The van der Waals surface area contributed by atoms with Crippen LogP contribution in [0, 0.1) is 9.81 Å². The minimum absolute atomic E-state index is 0.00926. The number of rotatable bonds is 2. The molecule has 0 radical (unpaired) electrons. The molecule has 0 amide bonds. The normalized spacial score (nSPS) is 8.89. The van der Waals surface area contributed by atoms with Crippen LogP contribution in [0.5, 0.6) is 0 Å². The zero-order chi connectivity index (χ0) is 6.69. The molecule has 1 aromatic heterocycles. The van der Waals surface area contributed by atoms with E-state index in [4.69, 9.17) is 0 Å². The van der Waals surface area contributed by atoms with E-state index in [2.05, 4.69) is 14.7 Å². The molecule has 0 spiro atoms. The molecule has 6 heteroatoms. The molecule has 0 atom stereocenters. The first kappa shape index (κ1) is 5.96. The third-order valence-corrected chi connectivity index (χ3v) is 1.32. The fraction of sp³-hybridized carbons (Fsp3) is 0. The lowest BCUT2D eigenvalue weighted by Crippen LogP contribution is -1.55. The molecule has 0 aliphatic rings. The van der Waals surface area contributed by atoms with Crippen molar-refractivity contribution in [3.63, 3.8) is 0 Å². The van der Waals surface area contributed by atoms with Gasteiger partial charge in [-0.25, -0.2) is 0 Å². The molecule has 0 N–H and O–H groups in total. The van der Waals surface area contributed by atoms with Crippen molar-refractivity contribution in [1.29, 1.82) is 0 Å². The third-order valence-electron chi connectivity index (χ3n) is 0.717. The summed E-state index contributed by atoms with van der Waals surface area (Å²) in [5, 5.41) is 6.33. The van der Waals surface area contributed by atoms with Crippen molar-refractivity contribution < 1.29 is 0 Å². The molecule has 9 heavy (non-hydrogen) atoms. The van der Waals surface area contributed by atoms with Gasteiger partial charge < -0.3 is 0 Å². The molecule has 0 unspecified atom stereocenters. The molecular formula is C3HN3O2S. The van der Waals surface area contributed by atoms with Gasteiger partial charge in [-0.3, -0.25) is 0 Å². The maximum absolute atomic E-state index is 9.77. The quantitative estimate of drug-likeness (QED) is 0.594. The average molecular weight is 143 g/mol. The van der Waals surface area contributed by atoms with Crippen LogP contribution in [0.3, 0.4) is 0 Å². The van der Waals surface area contributed by atoms with Gasteiger partial charge in [-0.15, -0.1) is 9.81 Å². The molecule has 46 valence electrons. The molecule has 1 heterocycles. The predicted molar refractivity (Wildman–Crippen MR) is 33.0 cm³/mol. The van der Waals surface area contributed by atoms with E-state index in [0.717, 1.165) is 11.5 Å². The van der Waals surface area contributed by atoms with Gasteiger partial charge in [0, 0.05) is 5.38 Å². The Kier molecular flexibility index (Phi) is 1.59. The number of hydrogen-bond donors (Lipinski definition) is 0. The SMILES string of the molecule is O=Nc1csnc1N=O. The van der Waals surface area contributed by atoms with E-state index in [9.17, 15) is 9.81 Å². The summed E-state index contributed by atoms with van der Waals surface area (Å²) in [6.45, 7) is 0. The Labute approximate surface area is 53.8 Å². The summed E-state index contributed by atoms with van der Waals surface area (Å²) < 4.78 is 3.47. The standard InChI is InChI=1S/C3HN3O2S/c7-4-2-1-9-6-3(2)5-8/h1H. The van der Waals surface area contributed by atoms with Crippen molar-refractivity contribution in [2.24, 2.45) is 10.4 Å². The highest BCUT2D eigenvalue weighted by Crippen LogP contribution is 2.27. The van der Waals surface area contributed by atoms with E-state index in [1.165, 1.54) is 5.38 Å². The van der Waals surface area contributed by atoms with Gasteiger partial charge in [0.25, 0.3) is 0 Å². The van der Waals surface area contributed by atoms with Crippen molar-refractivity contribution in [2.45, 2.75) is 0 Å². The van der Waals surface area contributed by atoms with Crippen LogP contribution >= 0.6 is 11.5 Å². The molecule has 5 nitrogen and oxygen atoms in total. The summed E-state index contributed by atoms with van der Waals surface area (Å²) in [7, 11) is 0. The summed E-state index contributed by atoms with van der Waals surface area (Å²) in [5.74, 6) is -0.130. The van der Waals surface area contributed by atoms with Gasteiger partial charge in [0.05, 0.1) is 0 Å². The summed E-state index contributed by atoms with van der Waals surface area (Å²) in [6.07, 6.45) is 0. The van der Waals surface area contributed by atoms with Crippen LogP contribution in [-0.4, -0.2) is 4.37 Å². The highest BCUT2D eigenvalue weighted by Gasteiger charge is 2.04. The highest BCUT2D eigenvalue weighted by atomic mass is 32.1. The monoisotopic (exact) mass is 143 g/mol. The van der Waals surface area contributed by atoms with Crippen LogP contribution in [0.4, 0.5) is 11.5 Å². The number of aromatic nitrogens is 1. The van der Waals surface area contributed by atoms with Gasteiger partial charge in [0.15, 0.2) is 5.69 Å². The van der Waals surface area contributed by atoms with Gasteiger partial charge in [-0.2, -0.15) is 4.37 Å². The Bertz CT molecular complexity index is 210. The molecule has 0 saturated heterocycles. The lowest BCUT2D eigenvalue weighted by atomic mass is 10.6. The number of nitrogens with zero attached hydrogens (tertiary/aromatic N) is 3. The van der Waals surface area contributed by atoms with Crippen LogP contribution in [0.15, 0.2) is 15.7 Å². The molecule has 0 saturated carbocycles. The van der Waals surface area contributed by atoms with E-state index < -0.39 is 0 Å². The van der Waals surface area contributed by atoms with Crippen molar-refractivity contribution in [1.82, 2.24) is 4.37 Å². The molecule has 1 rings (SSSR count). The third kappa shape index (κ3) is 0.968. The zero-order valence-electron chi connectivity index (χ0n) is 4.14. The van der Waals surface area contributed by atoms with E-state index >= 15 is 0 Å². The highest BCUT2D eigenvalue weighted by molar-refractivity contribution is 7.04. The smallest absolute Gasteiger partial charge is 0.167 e. The van der Waals surface area contributed by atoms with E-state index in [1.807, 2.05) is 0 Å². The average Bonchev–Trinajstić information content (AvgIpc) is 2.33. The van der Waals surface area contributed by atoms with Crippen molar-refractivity contribution in [3.05, 3.63) is 15.2 Å². The second kappa shape index (κ2) is 2.40. The van der Waals surface area contributed by atoms with Gasteiger partial charge in [-0.05, 0) is 21.9 Å². The number of nitroso groups, excluding NO2 is 2. The molecule has 1 aromatic rings. The summed E-state index contributed by atoms with van der Waals surface area (Å²) >= 11 is 0.978. The topological polar surface area (TPSA) is 71.8 Å². The predicted octanol–water partition coefficient (Wildman–Crippen LogP) is 1.94. The summed E-state index contributed by atoms with van der Waals surface area (Å²) in [4.78, 5) is 19.5. The first-order valence-corrected chi connectivity index (χ1v) is 2.83. The van der Waals surface area contributed by atoms with E-state index in [-0.39, 0.29) is 11.5 Å². The maximum Gasteiger partial charge on any atom is 0.238 e. The van der Waals surface area contributed by atoms with Crippen molar-refractivity contribution in [2.75, 3.05) is 0 Å². The fourth-order valence-corrected chi connectivity index (χ4v) is 0.879. The van der Waals surface area contributed by atoms with E-state index in [1.54, 1.807) is 0 Å². The Balaban J connectivity index is 3.12. The Morgan fingerprint density at radius 2 is 2.22 bits per heavy atom. The minimum atomic E-state index is -0.130. The van der Waals surface area contributed by atoms with Crippen molar-refractivity contribution >= 4 is 23.0 Å². The second-order valence-electron chi connectivity index (χ2n) is 1.21. The lowest BCUT2D eigenvalue weighted by molar-refractivity contribution is 1.37. The van der Waals surface area contributed by atoms with Crippen LogP contribution in [-0.2, 0) is 0 Å². The van der Waals surface area contributed by atoms with Gasteiger partial charge in [0.2, 0.25) is 5.82 Å². The van der Waals surface area contributed by atoms with Crippen LogP contribution in [0.2, 0.25) is 0 Å². The van der Waals surface area contributed by atoms with Crippen molar-refractivity contribution in [3.8, 4) is 0 Å². The molecule has 0 aliphatic heterocycles. The van der Waals surface area contributed by atoms with Crippen LogP contribution in [0.1, 0.15) is 0 Å². The fourth-order valence-electron chi connectivity index (χ4n) is 0.351. The number of hydrogen-bond acceptors (Lipinski definition) is 6. The minimum Gasteiger partial charge on any atom is -0.167 e. The first-order chi connectivity index (χ1) is 4.38. The van der Waals surface area contributed by atoms with E-state index in [0.29, 0.717) is 0 Å². The largest absolute Gasteiger partial charge is 0.238 e. The Morgan fingerprint density at radius 1 is 1.44 bits per heavy atom. The Hall–Kier alpha value is -1.17. The molecule has 0 bridgehead atoms. The molecular weight excluding hydrogens is 142 g/mol. The Morgan fingerprint density at radius 3 is 2.67 bits per heavy atom. The molecule has 0 fully saturated rings. The summed E-state index contributed by atoms with van der Waals surface area (Å²) in [6, 6.07) is 0. The van der Waals surface area contributed by atoms with Gasteiger partial charge in [0.1, 0.15) is 0 Å². The summed E-state index contributed by atoms with van der Waals surface area (Å²) in [5.41, 5.74) is 0.00926. The van der Waals surface area contributed by atoms with Crippen LogP contribution in [0.25, 0.3) is 0 Å². The zero-order valence-corrected chi connectivity index (χ0v) is 4.96. The maximum atomic E-state index is 9.77. The second-order valence-corrected chi connectivity index (χ2v) is 1.84. The van der Waals surface area contributed by atoms with Gasteiger partial charge >= 0.3 is 0 Å². The van der Waals surface area contributed by atoms with Gasteiger partial charge in [-0.1, -0.05) is 0 Å². The first-order valence-electron chi connectivity index (χ1n) is 1.99. The van der Waals surface area contributed by atoms with Crippen LogP contribution < -0.4 is 0 Å². The molecule has 0 aliphatic carbocycles. The molecule has 0 aromatic carbocycles.